The molecule has 0 bridgehead atoms. The first-order chi connectivity index (χ1) is 14.2. The molecule has 1 saturated heterocycles. The molecule has 3 heterocycles. The fraction of sp³-hybridized carbons (Fsp3) is 0.429. The molecule has 0 aliphatic carbocycles. The number of morpholine rings is 1. The molecular formula is C21H25N3O4S. The van der Waals surface area contributed by atoms with Crippen molar-refractivity contribution in [2.24, 2.45) is 5.10 Å². The summed E-state index contributed by atoms with van der Waals surface area (Å²) in [7, 11) is 3.24. The van der Waals surface area contributed by atoms with Crippen molar-refractivity contribution in [3.05, 3.63) is 46.2 Å². The maximum atomic E-state index is 13.2. The number of methoxy groups -OCH3 is 2. The zero-order chi connectivity index (χ0) is 20.2. The Morgan fingerprint density at radius 2 is 2.03 bits per heavy atom. The number of carbonyl (C=O) groups excluding carboxylic acids is 1. The van der Waals surface area contributed by atoms with E-state index in [1.54, 1.807) is 30.6 Å². The van der Waals surface area contributed by atoms with Crippen molar-refractivity contribution in [2.45, 2.75) is 12.5 Å². The number of hydrogen-bond acceptors (Lipinski definition) is 7. The summed E-state index contributed by atoms with van der Waals surface area (Å²) < 4.78 is 16.5. The van der Waals surface area contributed by atoms with Crippen LogP contribution in [0, 0.1) is 0 Å². The molecule has 1 amide bonds. The van der Waals surface area contributed by atoms with E-state index >= 15 is 0 Å². The van der Waals surface area contributed by atoms with E-state index in [0.29, 0.717) is 37.7 Å². The number of rotatable bonds is 6. The van der Waals surface area contributed by atoms with Gasteiger partial charge in [0.1, 0.15) is 0 Å². The van der Waals surface area contributed by atoms with Gasteiger partial charge in [-0.15, -0.1) is 11.3 Å². The minimum Gasteiger partial charge on any atom is -0.493 e. The summed E-state index contributed by atoms with van der Waals surface area (Å²) in [4.78, 5) is 16.4. The van der Waals surface area contributed by atoms with Gasteiger partial charge in [-0.25, -0.2) is 5.01 Å². The van der Waals surface area contributed by atoms with Crippen LogP contribution in [0.5, 0.6) is 11.5 Å². The van der Waals surface area contributed by atoms with Gasteiger partial charge in [0.15, 0.2) is 11.5 Å². The summed E-state index contributed by atoms with van der Waals surface area (Å²) in [5.74, 6) is 1.27. The predicted molar refractivity (Wildman–Crippen MR) is 112 cm³/mol. The van der Waals surface area contributed by atoms with Gasteiger partial charge in [0.05, 0.1) is 50.6 Å². The van der Waals surface area contributed by atoms with E-state index in [1.165, 1.54) is 0 Å². The molecule has 0 radical (unpaired) electrons. The van der Waals surface area contributed by atoms with Crippen molar-refractivity contribution in [3.8, 4) is 11.5 Å². The molecule has 2 aliphatic heterocycles. The molecule has 2 aliphatic rings. The average molecular weight is 416 g/mol. The SMILES string of the molecule is COc1cccc(C2CC(c3cccs3)=NN2C(=O)CN2CCOCC2)c1OC. The second kappa shape index (κ2) is 8.94. The van der Waals surface area contributed by atoms with E-state index in [9.17, 15) is 4.79 Å². The Balaban J connectivity index is 1.65. The first kappa shape index (κ1) is 19.9. The number of carbonyl (C=O) groups is 1. The van der Waals surface area contributed by atoms with Crippen molar-refractivity contribution in [1.82, 2.24) is 9.91 Å². The number of amides is 1. The molecule has 0 spiro atoms. The quantitative estimate of drug-likeness (QED) is 0.726. The standard InChI is InChI=1S/C21H25N3O4S/c1-26-18-6-3-5-15(21(18)27-2)17-13-16(19-7-4-12-29-19)22-24(17)20(25)14-23-8-10-28-11-9-23/h3-7,12,17H,8-11,13-14H2,1-2H3. The van der Waals surface area contributed by atoms with Crippen LogP contribution >= 0.6 is 11.3 Å². The Hall–Kier alpha value is -2.42. The number of para-hydroxylation sites is 1. The monoisotopic (exact) mass is 415 g/mol. The molecule has 0 N–H and O–H groups in total. The van der Waals surface area contributed by atoms with E-state index in [0.717, 1.165) is 29.2 Å². The molecule has 1 aromatic carbocycles. The lowest BCUT2D eigenvalue weighted by atomic mass is 9.99. The van der Waals surface area contributed by atoms with Gasteiger partial charge in [0.2, 0.25) is 0 Å². The predicted octanol–water partition coefficient (Wildman–Crippen LogP) is 2.78. The minimum atomic E-state index is -0.231. The molecule has 154 valence electrons. The number of benzene rings is 1. The lowest BCUT2D eigenvalue weighted by Gasteiger charge is -2.29. The Morgan fingerprint density at radius 3 is 2.72 bits per heavy atom. The van der Waals surface area contributed by atoms with Gasteiger partial charge in [-0.2, -0.15) is 5.10 Å². The van der Waals surface area contributed by atoms with Crippen LogP contribution in [0.4, 0.5) is 0 Å². The third-order valence-corrected chi connectivity index (χ3v) is 6.15. The zero-order valence-electron chi connectivity index (χ0n) is 16.7. The second-order valence-corrected chi connectivity index (χ2v) is 7.90. The number of thiophene rings is 1. The van der Waals surface area contributed by atoms with E-state index < -0.39 is 0 Å². The van der Waals surface area contributed by atoms with Crippen molar-refractivity contribution in [3.63, 3.8) is 0 Å². The fourth-order valence-corrected chi connectivity index (χ4v) is 4.49. The Labute approximate surface area is 174 Å². The number of nitrogens with zero attached hydrogens (tertiary/aromatic N) is 3. The molecule has 8 heteroatoms. The third kappa shape index (κ3) is 4.14. The Bertz CT molecular complexity index is 878. The number of ether oxygens (including phenoxy) is 3. The first-order valence-corrected chi connectivity index (χ1v) is 10.5. The molecule has 29 heavy (non-hydrogen) atoms. The number of hydrogen-bond donors (Lipinski definition) is 0. The summed E-state index contributed by atoms with van der Waals surface area (Å²) in [6.07, 6.45) is 0.638. The van der Waals surface area contributed by atoms with Crippen LogP contribution in [-0.4, -0.2) is 68.6 Å². The maximum Gasteiger partial charge on any atom is 0.257 e. The fourth-order valence-electron chi connectivity index (χ4n) is 3.77. The molecule has 1 atom stereocenters. The minimum absolute atomic E-state index is 0.0201. The van der Waals surface area contributed by atoms with E-state index in [4.69, 9.17) is 19.3 Å². The van der Waals surface area contributed by atoms with Crippen LogP contribution in [0.2, 0.25) is 0 Å². The van der Waals surface area contributed by atoms with Crippen molar-refractivity contribution in [1.29, 1.82) is 0 Å². The lowest BCUT2D eigenvalue weighted by molar-refractivity contribution is -0.135. The van der Waals surface area contributed by atoms with Crippen LogP contribution in [0.3, 0.4) is 0 Å². The molecule has 4 rings (SSSR count). The molecular weight excluding hydrogens is 390 g/mol. The van der Waals surface area contributed by atoms with Gasteiger partial charge >= 0.3 is 0 Å². The summed E-state index contributed by atoms with van der Waals surface area (Å²) in [6.45, 7) is 3.16. The summed E-state index contributed by atoms with van der Waals surface area (Å²) >= 11 is 1.63. The van der Waals surface area contributed by atoms with E-state index in [-0.39, 0.29) is 11.9 Å². The highest BCUT2D eigenvalue weighted by Crippen LogP contribution is 2.42. The normalized spacial score (nSPS) is 19.9. The summed E-state index contributed by atoms with van der Waals surface area (Å²) in [6, 6.07) is 9.57. The average Bonchev–Trinajstić information content (AvgIpc) is 3.43. The van der Waals surface area contributed by atoms with Crippen molar-refractivity contribution in [2.75, 3.05) is 47.1 Å². The molecule has 0 saturated carbocycles. The van der Waals surface area contributed by atoms with Crippen LogP contribution in [0.15, 0.2) is 40.8 Å². The Morgan fingerprint density at radius 1 is 1.21 bits per heavy atom. The number of hydrazone groups is 1. The van der Waals surface area contributed by atoms with Crippen LogP contribution in [-0.2, 0) is 9.53 Å². The van der Waals surface area contributed by atoms with Gasteiger partial charge in [-0.3, -0.25) is 9.69 Å². The Kier molecular flexibility index (Phi) is 6.13. The van der Waals surface area contributed by atoms with Crippen LogP contribution < -0.4 is 9.47 Å². The summed E-state index contributed by atoms with van der Waals surface area (Å²) in [5.41, 5.74) is 1.82. The largest absolute Gasteiger partial charge is 0.493 e. The molecule has 7 nitrogen and oxygen atoms in total. The van der Waals surface area contributed by atoms with Gasteiger partial charge in [-0.05, 0) is 17.5 Å². The smallest absolute Gasteiger partial charge is 0.257 e. The highest BCUT2D eigenvalue weighted by molar-refractivity contribution is 7.12. The first-order valence-electron chi connectivity index (χ1n) is 9.65. The zero-order valence-corrected chi connectivity index (χ0v) is 17.5. The molecule has 1 aromatic heterocycles. The van der Waals surface area contributed by atoms with Crippen LogP contribution in [0.25, 0.3) is 0 Å². The molecule has 1 unspecified atom stereocenters. The van der Waals surface area contributed by atoms with Gasteiger partial charge in [0.25, 0.3) is 5.91 Å². The topological polar surface area (TPSA) is 63.6 Å². The van der Waals surface area contributed by atoms with E-state index in [1.807, 2.05) is 35.7 Å². The third-order valence-electron chi connectivity index (χ3n) is 5.23. The molecule has 1 fully saturated rings. The van der Waals surface area contributed by atoms with Crippen LogP contribution in [0.1, 0.15) is 22.9 Å². The maximum absolute atomic E-state index is 13.2. The van der Waals surface area contributed by atoms with Gasteiger partial charge < -0.3 is 14.2 Å². The second-order valence-electron chi connectivity index (χ2n) is 6.95. The highest BCUT2D eigenvalue weighted by Gasteiger charge is 2.36. The van der Waals surface area contributed by atoms with Gasteiger partial charge in [-0.1, -0.05) is 18.2 Å². The van der Waals surface area contributed by atoms with Crippen molar-refractivity contribution >= 4 is 23.0 Å². The van der Waals surface area contributed by atoms with Gasteiger partial charge in [0, 0.05) is 25.1 Å². The molecule has 2 aromatic rings. The highest BCUT2D eigenvalue weighted by atomic mass is 32.1. The summed E-state index contributed by atoms with van der Waals surface area (Å²) in [5, 5.41) is 8.39. The van der Waals surface area contributed by atoms with E-state index in [2.05, 4.69) is 4.90 Å². The lowest BCUT2D eigenvalue weighted by Crippen LogP contribution is -2.43. The van der Waals surface area contributed by atoms with Crippen molar-refractivity contribution < 1.29 is 19.0 Å².